The smallest absolute Gasteiger partial charge is 0.262 e. The summed E-state index contributed by atoms with van der Waals surface area (Å²) in [7, 11) is -3.68. The van der Waals surface area contributed by atoms with Crippen LogP contribution in [0.3, 0.4) is 0 Å². The van der Waals surface area contributed by atoms with Crippen LogP contribution >= 0.6 is 27.5 Å². The van der Waals surface area contributed by atoms with E-state index in [0.717, 1.165) is 5.56 Å². The second-order valence-corrected chi connectivity index (χ2v) is 6.72. The van der Waals surface area contributed by atoms with Crippen molar-refractivity contribution < 1.29 is 8.42 Å². The summed E-state index contributed by atoms with van der Waals surface area (Å²) in [4.78, 5) is 3.83. The number of rotatable bonds is 3. The van der Waals surface area contributed by atoms with E-state index in [-0.39, 0.29) is 10.0 Å². The summed E-state index contributed by atoms with van der Waals surface area (Å²) in [5, 5.41) is 0.131. The van der Waals surface area contributed by atoms with Gasteiger partial charge >= 0.3 is 0 Å². The Kier molecular flexibility index (Phi) is 4.13. The van der Waals surface area contributed by atoms with Crippen molar-refractivity contribution in [1.29, 1.82) is 0 Å². The van der Waals surface area contributed by atoms with Crippen molar-refractivity contribution in [3.05, 3.63) is 51.7 Å². The fourth-order valence-corrected chi connectivity index (χ4v) is 3.30. The summed E-state index contributed by atoms with van der Waals surface area (Å²) in [6.07, 6.45) is 1.35. The van der Waals surface area contributed by atoms with Gasteiger partial charge in [0.2, 0.25) is 0 Å². The second kappa shape index (κ2) is 5.48. The van der Waals surface area contributed by atoms with Gasteiger partial charge in [-0.05, 0) is 46.6 Å². The highest BCUT2D eigenvalue weighted by molar-refractivity contribution is 9.10. The van der Waals surface area contributed by atoms with Gasteiger partial charge in [0.05, 0.1) is 10.6 Å². The highest BCUT2D eigenvalue weighted by Gasteiger charge is 2.16. The van der Waals surface area contributed by atoms with E-state index in [1.807, 2.05) is 13.0 Å². The molecular formula is C12H10BrClN2O2S. The summed E-state index contributed by atoms with van der Waals surface area (Å²) >= 11 is 9.05. The van der Waals surface area contributed by atoms with Crippen LogP contribution in [0.5, 0.6) is 0 Å². The highest BCUT2D eigenvalue weighted by Crippen LogP contribution is 2.28. The van der Waals surface area contributed by atoms with Gasteiger partial charge in [0.1, 0.15) is 5.15 Å². The molecule has 0 fully saturated rings. The zero-order valence-corrected chi connectivity index (χ0v) is 13.1. The number of hydrogen-bond acceptors (Lipinski definition) is 3. The summed E-state index contributed by atoms with van der Waals surface area (Å²) in [5.41, 5.74) is 1.42. The van der Waals surface area contributed by atoms with Crippen molar-refractivity contribution in [2.75, 3.05) is 4.72 Å². The summed E-state index contributed by atoms with van der Waals surface area (Å²) in [6, 6.07) is 8.02. The second-order valence-electron chi connectivity index (χ2n) is 3.86. The predicted molar refractivity (Wildman–Crippen MR) is 78.9 cm³/mol. The molecule has 0 aliphatic rings. The average molecular weight is 362 g/mol. The molecule has 0 aliphatic carbocycles. The number of halogens is 2. The lowest BCUT2D eigenvalue weighted by Crippen LogP contribution is -2.13. The molecule has 0 aliphatic heterocycles. The lowest BCUT2D eigenvalue weighted by Gasteiger charge is -2.11. The molecule has 0 atom stereocenters. The fourth-order valence-electron chi connectivity index (χ4n) is 1.48. The van der Waals surface area contributed by atoms with E-state index in [1.54, 1.807) is 12.1 Å². The Morgan fingerprint density at radius 3 is 2.74 bits per heavy atom. The van der Waals surface area contributed by atoms with Crippen LogP contribution in [0, 0.1) is 6.92 Å². The van der Waals surface area contributed by atoms with Gasteiger partial charge in [0.15, 0.2) is 0 Å². The van der Waals surface area contributed by atoms with Crippen LogP contribution in [0.15, 0.2) is 45.9 Å². The molecule has 1 heterocycles. The van der Waals surface area contributed by atoms with Crippen molar-refractivity contribution in [2.45, 2.75) is 11.8 Å². The van der Waals surface area contributed by atoms with E-state index in [9.17, 15) is 8.42 Å². The van der Waals surface area contributed by atoms with E-state index in [1.165, 1.54) is 18.3 Å². The van der Waals surface area contributed by atoms with Crippen molar-refractivity contribution in [3.8, 4) is 0 Å². The highest BCUT2D eigenvalue weighted by atomic mass is 79.9. The van der Waals surface area contributed by atoms with Crippen molar-refractivity contribution in [3.63, 3.8) is 0 Å². The first-order valence-corrected chi connectivity index (χ1v) is 7.95. The molecule has 1 aromatic heterocycles. The van der Waals surface area contributed by atoms with Crippen molar-refractivity contribution in [1.82, 2.24) is 4.98 Å². The molecule has 19 heavy (non-hydrogen) atoms. The molecule has 4 nitrogen and oxygen atoms in total. The Morgan fingerprint density at radius 1 is 1.32 bits per heavy atom. The van der Waals surface area contributed by atoms with Crippen LogP contribution < -0.4 is 4.72 Å². The molecule has 2 rings (SSSR count). The minimum Gasteiger partial charge on any atom is -0.278 e. The van der Waals surface area contributed by atoms with Gasteiger partial charge in [-0.2, -0.15) is 0 Å². The number of sulfonamides is 1. The van der Waals surface area contributed by atoms with E-state index < -0.39 is 10.0 Å². The molecule has 0 unspecified atom stereocenters. The molecule has 7 heteroatoms. The van der Waals surface area contributed by atoms with Gasteiger partial charge < -0.3 is 0 Å². The zero-order chi connectivity index (χ0) is 14.0. The van der Waals surface area contributed by atoms with Gasteiger partial charge in [-0.25, -0.2) is 13.4 Å². The van der Waals surface area contributed by atoms with E-state index in [0.29, 0.717) is 10.2 Å². The number of pyridine rings is 1. The molecule has 0 amide bonds. The average Bonchev–Trinajstić information content (AvgIpc) is 2.35. The lowest BCUT2D eigenvalue weighted by molar-refractivity contribution is 0.601. The Labute approximate surface area is 125 Å². The van der Waals surface area contributed by atoms with Gasteiger partial charge in [-0.3, -0.25) is 4.72 Å². The van der Waals surface area contributed by atoms with E-state index >= 15 is 0 Å². The van der Waals surface area contributed by atoms with Crippen molar-refractivity contribution >= 4 is 43.2 Å². The summed E-state index contributed by atoms with van der Waals surface area (Å²) in [6.45, 7) is 1.88. The largest absolute Gasteiger partial charge is 0.278 e. The van der Waals surface area contributed by atoms with Crippen LogP contribution in [0.4, 0.5) is 5.69 Å². The minimum absolute atomic E-state index is 0.0703. The number of anilines is 1. The standard InChI is InChI=1S/C12H10BrClN2O2S/c1-8-3-2-4-10(12(8)13)16-19(17,18)9-5-6-15-11(14)7-9/h2-7,16H,1H3. The van der Waals surface area contributed by atoms with E-state index in [4.69, 9.17) is 11.6 Å². The first-order valence-electron chi connectivity index (χ1n) is 5.29. The number of nitrogens with zero attached hydrogens (tertiary/aromatic N) is 1. The molecule has 100 valence electrons. The van der Waals surface area contributed by atoms with E-state index in [2.05, 4.69) is 25.6 Å². The molecule has 0 spiro atoms. The molecule has 0 bridgehead atoms. The van der Waals surface area contributed by atoms with Crippen LogP contribution in [0.1, 0.15) is 5.56 Å². The maximum Gasteiger partial charge on any atom is 0.262 e. The predicted octanol–water partition coefficient (Wildman–Crippen LogP) is 3.61. The molecule has 0 saturated carbocycles. The van der Waals surface area contributed by atoms with Gasteiger partial charge in [0, 0.05) is 10.7 Å². The number of nitrogens with one attached hydrogen (secondary N) is 1. The maximum atomic E-state index is 12.2. The Morgan fingerprint density at radius 2 is 2.05 bits per heavy atom. The molecule has 1 N–H and O–H groups in total. The molecule has 0 radical (unpaired) electrons. The molecular weight excluding hydrogens is 352 g/mol. The lowest BCUT2D eigenvalue weighted by atomic mass is 10.2. The molecule has 1 aromatic carbocycles. The SMILES string of the molecule is Cc1cccc(NS(=O)(=O)c2ccnc(Cl)c2)c1Br. The van der Waals surface area contributed by atoms with Crippen LogP contribution in [-0.4, -0.2) is 13.4 Å². The third-order valence-electron chi connectivity index (χ3n) is 2.44. The maximum absolute atomic E-state index is 12.2. The molecule has 2 aromatic rings. The van der Waals surface area contributed by atoms with Crippen LogP contribution in [0.25, 0.3) is 0 Å². The number of aryl methyl sites for hydroxylation is 1. The Hall–Kier alpha value is -1.11. The molecule has 0 saturated heterocycles. The number of benzene rings is 1. The topological polar surface area (TPSA) is 59.1 Å². The monoisotopic (exact) mass is 360 g/mol. The summed E-state index contributed by atoms with van der Waals surface area (Å²) < 4.78 is 27.6. The van der Waals surface area contributed by atoms with Gasteiger partial charge in [-0.15, -0.1) is 0 Å². The fraction of sp³-hybridized carbons (Fsp3) is 0.0833. The van der Waals surface area contributed by atoms with Gasteiger partial charge in [0.25, 0.3) is 10.0 Å². The van der Waals surface area contributed by atoms with Crippen LogP contribution in [0.2, 0.25) is 5.15 Å². The first kappa shape index (κ1) is 14.3. The van der Waals surface area contributed by atoms with Gasteiger partial charge in [-0.1, -0.05) is 23.7 Å². The number of aromatic nitrogens is 1. The zero-order valence-electron chi connectivity index (χ0n) is 9.89. The quantitative estimate of drug-likeness (QED) is 0.850. The Balaban J connectivity index is 2.39. The van der Waals surface area contributed by atoms with Crippen molar-refractivity contribution in [2.24, 2.45) is 0 Å². The number of hydrogen-bond donors (Lipinski definition) is 1. The third-order valence-corrected chi connectivity index (χ3v) is 5.07. The Bertz CT molecular complexity index is 719. The third kappa shape index (κ3) is 3.26. The summed E-state index contributed by atoms with van der Waals surface area (Å²) in [5.74, 6) is 0. The normalized spacial score (nSPS) is 11.3. The minimum atomic E-state index is -3.68. The first-order chi connectivity index (χ1) is 8.90. The van der Waals surface area contributed by atoms with Crippen LogP contribution in [-0.2, 0) is 10.0 Å².